The summed E-state index contributed by atoms with van der Waals surface area (Å²) in [7, 11) is 0. The number of alkyl halides is 18. The molecule has 64 heavy (non-hydrogen) atoms. The Morgan fingerprint density at radius 1 is 0.453 bits per heavy atom. The molecular weight excluding hydrogens is 1040 g/mol. The molecule has 4 aromatic carbocycles. The normalized spacial score (nSPS) is 16.8. The standard InChI is InChI=1S/2C20H12F9.C2H7Si.2ClH.Zr/c2*1-2-10-6-11-4-3-5-13(14(11)7-10)17-15(19(24,25)26)8-12(18(21,22)23)9-16(17)20(27,28)29;1-3-2;;;/h2*3-9H,2H2,1H3;3H,1-2H3;2*1H;/q;;;;;+2/p-2. The van der Waals surface area contributed by atoms with E-state index in [1.165, 1.54) is 36.4 Å². The number of hydrogen-bond donors (Lipinski definition) is 0. The van der Waals surface area contributed by atoms with Crippen LogP contribution in [0.4, 0.5) is 79.0 Å². The van der Waals surface area contributed by atoms with Gasteiger partial charge in [-0.15, -0.1) is 0 Å². The average molecular weight is 1070 g/mol. The first-order valence-electron chi connectivity index (χ1n) is 18.7. The number of fused-ring (bicyclic) bond motifs is 2. The van der Waals surface area contributed by atoms with Gasteiger partial charge in [0, 0.05) is 0 Å². The van der Waals surface area contributed by atoms with Gasteiger partial charge < -0.3 is 24.8 Å². The molecule has 347 valence electrons. The van der Waals surface area contributed by atoms with E-state index in [4.69, 9.17) is 0 Å². The molecule has 0 aromatic heterocycles. The van der Waals surface area contributed by atoms with Gasteiger partial charge in [0.1, 0.15) is 0 Å². The Kier molecular flexibility index (Phi) is 15.1. The third-order valence-corrected chi connectivity index (χ3v) is 32.9. The van der Waals surface area contributed by atoms with Gasteiger partial charge in [-0.3, -0.25) is 0 Å². The van der Waals surface area contributed by atoms with Crippen LogP contribution in [0.2, 0.25) is 13.1 Å². The van der Waals surface area contributed by atoms with E-state index in [2.05, 4.69) is 0 Å². The minimum atomic E-state index is -5.70. The molecule has 0 fully saturated rings. The summed E-state index contributed by atoms with van der Waals surface area (Å²) >= 11 is -3.55. The van der Waals surface area contributed by atoms with Crippen molar-refractivity contribution in [1.82, 2.24) is 0 Å². The first-order valence-corrected chi connectivity index (χ1v) is 28.6. The Bertz CT molecular complexity index is 2230. The van der Waals surface area contributed by atoms with Crippen LogP contribution >= 0.6 is 0 Å². The van der Waals surface area contributed by atoms with Crippen LogP contribution in [-0.4, -0.2) is 5.92 Å². The van der Waals surface area contributed by atoms with Crippen molar-refractivity contribution in [3.05, 3.63) is 127 Å². The second-order valence-corrected chi connectivity index (χ2v) is 35.2. The van der Waals surface area contributed by atoms with E-state index >= 15 is 0 Å². The second-order valence-electron chi connectivity index (χ2n) is 15.2. The van der Waals surface area contributed by atoms with Crippen molar-refractivity contribution in [2.75, 3.05) is 0 Å². The van der Waals surface area contributed by atoms with Gasteiger partial charge in [-0.2, -0.15) is 0 Å². The molecule has 0 bridgehead atoms. The van der Waals surface area contributed by atoms with Crippen LogP contribution in [-0.2, 0) is 58.0 Å². The molecule has 0 saturated heterocycles. The van der Waals surface area contributed by atoms with Crippen molar-refractivity contribution >= 4 is 18.1 Å². The van der Waals surface area contributed by atoms with Crippen LogP contribution in [0.25, 0.3) is 34.4 Å². The third kappa shape index (κ3) is 9.90. The van der Waals surface area contributed by atoms with Crippen LogP contribution in [0.3, 0.4) is 0 Å². The molecule has 0 nitrogen and oxygen atoms in total. The van der Waals surface area contributed by atoms with E-state index in [9.17, 15) is 79.0 Å². The summed E-state index contributed by atoms with van der Waals surface area (Å²) < 4.78 is 256. The minimum Gasteiger partial charge on any atom is -1.00 e. The topological polar surface area (TPSA) is 0 Å². The van der Waals surface area contributed by atoms with E-state index in [0.29, 0.717) is 11.1 Å². The first kappa shape index (κ1) is 53.4. The SMILES string of the molecule is CCC1=Cc2c(-c3c(C(F)(F)F)cc(C(F)(F)F)cc3C(F)(F)F)cccc2[CH]1[Zr+2]([CH]1C(CC)=Cc2c(-c3c(C(F)(F)F)cc(C(F)(F)F)cc3C(F)(F)F)cccc21)[SiH](C)C.[Cl-].[Cl-]. The molecule has 0 saturated carbocycles. The smallest absolute Gasteiger partial charge is 1.00 e. The van der Waals surface area contributed by atoms with Crippen molar-refractivity contribution in [3.8, 4) is 22.3 Å². The maximum Gasteiger partial charge on any atom is -1.00 e. The average Bonchev–Trinajstić information content (AvgIpc) is 3.70. The predicted molar refractivity (Wildman–Crippen MR) is 195 cm³/mol. The molecule has 0 spiro atoms. The van der Waals surface area contributed by atoms with Crippen LogP contribution in [0.5, 0.6) is 0 Å². The molecule has 0 amide bonds. The zero-order chi connectivity index (χ0) is 46.4. The molecule has 2 aliphatic carbocycles. The molecule has 2 atom stereocenters. The number of benzene rings is 4. The summed E-state index contributed by atoms with van der Waals surface area (Å²) in [5.41, 5.74) is -15.8. The van der Waals surface area contributed by atoms with Gasteiger partial charge in [0.2, 0.25) is 0 Å². The largest absolute Gasteiger partial charge is 1.00 e. The van der Waals surface area contributed by atoms with Gasteiger partial charge in [0.25, 0.3) is 0 Å². The van der Waals surface area contributed by atoms with Gasteiger partial charge in [0.05, 0.1) is 0 Å². The summed E-state index contributed by atoms with van der Waals surface area (Å²) in [4.78, 5) is 0. The Balaban J connectivity index is 0.00000449. The number of allylic oxidation sites excluding steroid dienone is 2. The van der Waals surface area contributed by atoms with Crippen molar-refractivity contribution in [3.63, 3.8) is 0 Å². The van der Waals surface area contributed by atoms with E-state index < -0.39 is 127 Å². The number of halogens is 20. The maximum absolute atomic E-state index is 14.6. The third-order valence-electron chi connectivity index (χ3n) is 11.1. The van der Waals surface area contributed by atoms with Gasteiger partial charge in [-0.1, -0.05) is 0 Å². The fraction of sp³-hybridized carbons (Fsp3) is 0.333. The van der Waals surface area contributed by atoms with Crippen molar-refractivity contribution in [1.29, 1.82) is 0 Å². The van der Waals surface area contributed by atoms with E-state index in [1.54, 1.807) is 13.8 Å². The van der Waals surface area contributed by atoms with Gasteiger partial charge in [-0.05, 0) is 0 Å². The van der Waals surface area contributed by atoms with Crippen LogP contribution in [0.1, 0.15) is 89.6 Å². The molecule has 0 heterocycles. The van der Waals surface area contributed by atoms with Gasteiger partial charge in [0.15, 0.2) is 0 Å². The predicted octanol–water partition coefficient (Wildman–Crippen LogP) is 10.1. The maximum atomic E-state index is 14.6. The Morgan fingerprint density at radius 2 is 0.734 bits per heavy atom. The van der Waals surface area contributed by atoms with E-state index in [1.807, 2.05) is 13.1 Å². The quantitative estimate of drug-likeness (QED) is 0.128. The van der Waals surface area contributed by atoms with Crippen molar-refractivity contribution < 1.29 is 125 Å². The second kappa shape index (κ2) is 18.1. The summed E-state index contributed by atoms with van der Waals surface area (Å²) in [6.45, 7) is 7.20. The molecule has 6 rings (SSSR count). The fourth-order valence-corrected chi connectivity index (χ4v) is 31.8. The summed E-state index contributed by atoms with van der Waals surface area (Å²) in [5.74, 6) is -2.05. The zero-order valence-corrected chi connectivity index (χ0v) is 38.3. The first-order chi connectivity index (χ1) is 28.3. The Morgan fingerprint density at radius 3 is 0.953 bits per heavy atom. The van der Waals surface area contributed by atoms with Gasteiger partial charge in [-0.25, -0.2) is 0 Å². The monoisotopic (exact) mass is 1070 g/mol. The van der Waals surface area contributed by atoms with Crippen LogP contribution in [0, 0.1) is 0 Å². The Hall–Kier alpha value is -3.22. The molecule has 0 N–H and O–H groups in total. The van der Waals surface area contributed by atoms with E-state index in [-0.39, 0.29) is 84.2 Å². The molecule has 4 aromatic rings. The summed E-state index contributed by atoms with van der Waals surface area (Å²) in [5, 5.41) is 0. The molecule has 2 unspecified atom stereocenters. The van der Waals surface area contributed by atoms with Crippen LogP contribution < -0.4 is 24.8 Å². The summed E-state index contributed by atoms with van der Waals surface area (Å²) in [6, 6.07) is 5.74. The van der Waals surface area contributed by atoms with Crippen molar-refractivity contribution in [2.45, 2.75) is 84.1 Å². The molecule has 0 radical (unpaired) electrons. The van der Waals surface area contributed by atoms with E-state index in [0.717, 1.165) is 12.1 Å². The molecule has 22 heteroatoms. The molecule has 2 aliphatic rings. The van der Waals surface area contributed by atoms with Gasteiger partial charge >= 0.3 is 352 Å². The number of hydrogen-bond acceptors (Lipinski definition) is 0. The fourth-order valence-electron chi connectivity index (χ4n) is 8.68. The van der Waals surface area contributed by atoms with Crippen molar-refractivity contribution in [2.24, 2.45) is 0 Å². The van der Waals surface area contributed by atoms with Crippen LogP contribution in [0.15, 0.2) is 71.8 Å². The minimum absolute atomic E-state index is 0. The number of rotatable bonds is 7. The zero-order valence-electron chi connectivity index (χ0n) is 33.1. The summed E-state index contributed by atoms with van der Waals surface area (Å²) in [6.07, 6.45) is -30.7. The molecular formula is C42H31Cl2F18SiZr. The molecule has 0 aliphatic heterocycles. The Labute approximate surface area is 374 Å².